The smallest absolute Gasteiger partial charge is 0.283 e. The largest absolute Gasteiger partial charge is 0.383 e. The topological polar surface area (TPSA) is 120 Å². The second-order valence-corrected chi connectivity index (χ2v) is 8.96. The standard InChI is InChI=1S/C16H13N5O3S2/c1-2-26(23,24)16-20-21-13(17)11(14(22)19-15(21)25-16)7-9-8-18-12-6-4-3-5-10(9)12/h3-8H,2,17H2,1H3/b9-7+. The van der Waals surface area contributed by atoms with E-state index < -0.39 is 15.4 Å². The Bertz CT molecular complexity index is 1270. The zero-order valence-electron chi connectivity index (χ0n) is 13.6. The third-order valence-corrected chi connectivity index (χ3v) is 7.07. The number of para-hydroxylation sites is 1. The zero-order valence-corrected chi connectivity index (χ0v) is 15.2. The van der Waals surface area contributed by atoms with Gasteiger partial charge in [-0.15, -0.1) is 5.10 Å². The van der Waals surface area contributed by atoms with Gasteiger partial charge in [0, 0.05) is 17.4 Å². The SMILES string of the molecule is CCS(=O)(=O)c1nn2c(N)c(/C=C3\C=Nc4ccccc43)c(=O)nc2s1. The highest BCUT2D eigenvalue weighted by molar-refractivity contribution is 7.93. The maximum Gasteiger partial charge on any atom is 0.283 e. The van der Waals surface area contributed by atoms with Crippen LogP contribution in [0.3, 0.4) is 0 Å². The van der Waals surface area contributed by atoms with E-state index in [1.807, 2.05) is 24.3 Å². The number of nitrogen functional groups attached to an aromatic ring is 1. The second-order valence-electron chi connectivity index (χ2n) is 5.56. The Hall–Kier alpha value is -2.85. The quantitative estimate of drug-likeness (QED) is 0.731. The van der Waals surface area contributed by atoms with Gasteiger partial charge in [0.15, 0.2) is 0 Å². The molecule has 8 nitrogen and oxygen atoms in total. The number of aromatic nitrogens is 3. The molecule has 0 unspecified atom stereocenters. The number of sulfone groups is 1. The third kappa shape index (κ3) is 2.54. The van der Waals surface area contributed by atoms with Crippen LogP contribution < -0.4 is 11.3 Å². The molecule has 4 rings (SSSR count). The molecule has 26 heavy (non-hydrogen) atoms. The molecule has 2 aromatic heterocycles. The molecule has 1 aliphatic heterocycles. The Kier molecular flexibility index (Phi) is 3.74. The van der Waals surface area contributed by atoms with Crippen molar-refractivity contribution in [3.63, 3.8) is 0 Å². The van der Waals surface area contributed by atoms with Gasteiger partial charge in [-0.3, -0.25) is 9.79 Å². The van der Waals surface area contributed by atoms with Crippen molar-refractivity contribution in [2.45, 2.75) is 11.3 Å². The van der Waals surface area contributed by atoms with E-state index in [0.29, 0.717) is 0 Å². The number of nitrogens with two attached hydrogens (primary N) is 1. The lowest BCUT2D eigenvalue weighted by Gasteiger charge is -2.03. The fourth-order valence-electron chi connectivity index (χ4n) is 2.56. The maximum absolute atomic E-state index is 12.4. The highest BCUT2D eigenvalue weighted by Crippen LogP contribution is 2.32. The van der Waals surface area contributed by atoms with Gasteiger partial charge in [0.05, 0.1) is 17.0 Å². The van der Waals surface area contributed by atoms with Gasteiger partial charge in [-0.1, -0.05) is 36.5 Å². The van der Waals surface area contributed by atoms with E-state index in [1.54, 1.807) is 12.3 Å². The Labute approximate surface area is 152 Å². The molecule has 0 fully saturated rings. The van der Waals surface area contributed by atoms with Crippen molar-refractivity contribution < 1.29 is 8.42 Å². The van der Waals surface area contributed by atoms with E-state index in [2.05, 4.69) is 15.1 Å². The molecule has 0 saturated heterocycles. The van der Waals surface area contributed by atoms with Crippen molar-refractivity contribution in [2.75, 3.05) is 11.5 Å². The van der Waals surface area contributed by atoms with Crippen molar-refractivity contribution in [1.29, 1.82) is 0 Å². The molecular weight excluding hydrogens is 374 g/mol. The van der Waals surface area contributed by atoms with Crippen molar-refractivity contribution in [1.82, 2.24) is 14.6 Å². The van der Waals surface area contributed by atoms with E-state index in [4.69, 9.17) is 5.73 Å². The van der Waals surface area contributed by atoms with Crippen LogP contribution in [0.2, 0.25) is 0 Å². The lowest BCUT2D eigenvalue weighted by atomic mass is 10.1. The van der Waals surface area contributed by atoms with E-state index in [0.717, 1.165) is 28.2 Å². The number of fused-ring (bicyclic) bond motifs is 2. The predicted molar refractivity (Wildman–Crippen MR) is 102 cm³/mol. The van der Waals surface area contributed by atoms with Crippen LogP contribution in [-0.4, -0.2) is 35.0 Å². The van der Waals surface area contributed by atoms with Gasteiger partial charge < -0.3 is 5.73 Å². The van der Waals surface area contributed by atoms with Crippen LogP contribution in [0.1, 0.15) is 18.1 Å². The highest BCUT2D eigenvalue weighted by atomic mass is 32.2. The molecule has 0 bridgehead atoms. The first-order valence-corrected chi connectivity index (χ1v) is 10.1. The number of nitrogens with zero attached hydrogens (tertiary/aromatic N) is 4. The number of rotatable bonds is 3. The van der Waals surface area contributed by atoms with Crippen LogP contribution in [0.15, 0.2) is 38.4 Å². The third-order valence-electron chi connectivity index (χ3n) is 3.98. The summed E-state index contributed by atoms with van der Waals surface area (Å²) in [5, 5.41) is 4.03. The van der Waals surface area contributed by atoms with Crippen molar-refractivity contribution in [2.24, 2.45) is 4.99 Å². The highest BCUT2D eigenvalue weighted by Gasteiger charge is 2.21. The van der Waals surface area contributed by atoms with Gasteiger partial charge in [0.25, 0.3) is 5.56 Å². The molecule has 3 heterocycles. The van der Waals surface area contributed by atoms with Crippen molar-refractivity contribution in [3.8, 4) is 0 Å². The summed E-state index contributed by atoms with van der Waals surface area (Å²) in [6, 6.07) is 7.51. The van der Waals surface area contributed by atoms with E-state index in [9.17, 15) is 13.2 Å². The molecule has 0 spiro atoms. The molecule has 0 atom stereocenters. The maximum atomic E-state index is 12.4. The normalized spacial score (nSPS) is 15.0. The van der Waals surface area contributed by atoms with Crippen LogP contribution in [0.4, 0.5) is 11.5 Å². The molecule has 132 valence electrons. The summed E-state index contributed by atoms with van der Waals surface area (Å²) in [7, 11) is -3.51. The molecule has 1 aromatic carbocycles. The number of hydrogen-bond acceptors (Lipinski definition) is 8. The van der Waals surface area contributed by atoms with Gasteiger partial charge in [-0.05, 0) is 12.1 Å². The summed E-state index contributed by atoms with van der Waals surface area (Å²) in [6.45, 7) is 1.52. The number of anilines is 1. The van der Waals surface area contributed by atoms with Crippen LogP contribution in [0.25, 0.3) is 16.6 Å². The first-order chi connectivity index (χ1) is 12.4. The molecular formula is C16H13N5O3S2. The Morgan fingerprint density at radius 3 is 2.85 bits per heavy atom. The molecule has 1 aliphatic rings. The van der Waals surface area contributed by atoms with Crippen molar-refractivity contribution in [3.05, 3.63) is 45.7 Å². The number of benzene rings is 1. The lowest BCUT2D eigenvalue weighted by molar-refractivity contribution is 0.594. The van der Waals surface area contributed by atoms with Gasteiger partial charge in [-0.2, -0.15) is 9.50 Å². The van der Waals surface area contributed by atoms with Crippen LogP contribution in [0, 0.1) is 0 Å². The predicted octanol–water partition coefficient (Wildman–Crippen LogP) is 1.78. The summed E-state index contributed by atoms with van der Waals surface area (Å²) in [6.07, 6.45) is 3.24. The molecule has 2 N–H and O–H groups in total. The minimum atomic E-state index is -3.51. The van der Waals surface area contributed by atoms with Crippen LogP contribution in [0.5, 0.6) is 0 Å². The average Bonchev–Trinajstić information content (AvgIpc) is 3.23. The van der Waals surface area contributed by atoms with Gasteiger partial charge in [0.2, 0.25) is 19.1 Å². The number of allylic oxidation sites excluding steroid dienone is 1. The molecule has 3 aromatic rings. The van der Waals surface area contributed by atoms with Crippen LogP contribution in [-0.2, 0) is 9.84 Å². The van der Waals surface area contributed by atoms with Crippen molar-refractivity contribution >= 4 is 55.5 Å². The molecule has 10 heteroatoms. The minimum Gasteiger partial charge on any atom is -0.383 e. The van der Waals surface area contributed by atoms with E-state index in [1.165, 1.54) is 11.4 Å². The number of hydrogen-bond donors (Lipinski definition) is 1. The summed E-state index contributed by atoms with van der Waals surface area (Å²) in [4.78, 5) is 20.8. The summed E-state index contributed by atoms with van der Waals surface area (Å²) in [5.74, 6) is -0.0547. The monoisotopic (exact) mass is 387 g/mol. The van der Waals surface area contributed by atoms with E-state index in [-0.39, 0.29) is 26.4 Å². The average molecular weight is 387 g/mol. The molecule has 0 saturated carbocycles. The Balaban J connectivity index is 1.91. The number of aliphatic imine (C=N–C) groups is 1. The molecule has 0 radical (unpaired) electrons. The minimum absolute atomic E-state index is 0.0408. The zero-order chi connectivity index (χ0) is 18.5. The fraction of sp³-hybridized carbons (Fsp3) is 0.125. The fourth-order valence-corrected chi connectivity index (χ4v) is 4.73. The lowest BCUT2D eigenvalue weighted by Crippen LogP contribution is -2.17. The summed E-state index contributed by atoms with van der Waals surface area (Å²) in [5.41, 5.74) is 8.11. The van der Waals surface area contributed by atoms with Gasteiger partial charge >= 0.3 is 0 Å². The summed E-state index contributed by atoms with van der Waals surface area (Å²) < 4.78 is 25.1. The van der Waals surface area contributed by atoms with E-state index >= 15 is 0 Å². The first-order valence-electron chi connectivity index (χ1n) is 7.68. The summed E-state index contributed by atoms with van der Waals surface area (Å²) >= 11 is 0.823. The van der Waals surface area contributed by atoms with Crippen LogP contribution >= 0.6 is 11.3 Å². The Morgan fingerprint density at radius 1 is 1.31 bits per heavy atom. The molecule has 0 aliphatic carbocycles. The van der Waals surface area contributed by atoms with Gasteiger partial charge in [0.1, 0.15) is 5.82 Å². The van der Waals surface area contributed by atoms with Gasteiger partial charge in [-0.25, -0.2) is 8.42 Å². The second kappa shape index (κ2) is 5.85. The Morgan fingerprint density at radius 2 is 2.08 bits per heavy atom. The molecule has 0 amide bonds. The first kappa shape index (κ1) is 16.6.